The zero-order valence-electron chi connectivity index (χ0n) is 8.96. The van der Waals surface area contributed by atoms with Crippen molar-refractivity contribution in [3.63, 3.8) is 0 Å². The Kier molecular flexibility index (Phi) is 4.65. The van der Waals surface area contributed by atoms with Gasteiger partial charge in [0, 0.05) is 0 Å². The Morgan fingerprint density at radius 2 is 2.00 bits per heavy atom. The second-order valence-corrected chi connectivity index (χ2v) is 2.78. The molecule has 1 rings (SSSR count). The molecular weight excluding hydrogens is 208 g/mol. The predicted molar refractivity (Wildman–Crippen MR) is 62.8 cm³/mol. The zero-order valence-corrected chi connectivity index (χ0v) is 8.96. The number of nitrogens with zero attached hydrogens (tertiary/aromatic N) is 2. The quantitative estimate of drug-likeness (QED) is 0.426. The average molecular weight is 222 g/mol. The van der Waals surface area contributed by atoms with Gasteiger partial charge in [0.2, 0.25) is 5.96 Å². The van der Waals surface area contributed by atoms with Crippen LogP contribution in [0.2, 0.25) is 0 Å². The van der Waals surface area contributed by atoms with E-state index in [9.17, 15) is 0 Å². The van der Waals surface area contributed by atoms with Crippen molar-refractivity contribution in [2.24, 2.45) is 21.7 Å². The summed E-state index contributed by atoms with van der Waals surface area (Å²) >= 11 is 0. The van der Waals surface area contributed by atoms with Crippen molar-refractivity contribution in [3.05, 3.63) is 24.3 Å². The minimum atomic E-state index is -0.0893. The summed E-state index contributed by atoms with van der Waals surface area (Å²) in [6, 6.07) is 7.32. The summed E-state index contributed by atoms with van der Waals surface area (Å²) in [7, 11) is 1.58. The molecule has 0 aliphatic heterocycles. The second kappa shape index (κ2) is 6.28. The molecule has 0 heterocycles. The molecule has 0 aromatic heterocycles. The zero-order chi connectivity index (χ0) is 11.8. The van der Waals surface area contributed by atoms with Crippen molar-refractivity contribution >= 4 is 12.2 Å². The highest BCUT2D eigenvalue weighted by molar-refractivity contribution is 5.76. The van der Waals surface area contributed by atoms with Crippen molar-refractivity contribution < 1.29 is 9.47 Å². The van der Waals surface area contributed by atoms with Crippen LogP contribution >= 0.6 is 0 Å². The first-order chi connectivity index (χ1) is 7.74. The van der Waals surface area contributed by atoms with Gasteiger partial charge in [-0.05, 0) is 12.1 Å². The van der Waals surface area contributed by atoms with Crippen molar-refractivity contribution in [3.8, 4) is 11.5 Å². The van der Waals surface area contributed by atoms with Gasteiger partial charge in [-0.15, -0.1) is 5.10 Å². The normalized spacial score (nSPS) is 10.1. The summed E-state index contributed by atoms with van der Waals surface area (Å²) in [6.07, 6.45) is 1.45. The van der Waals surface area contributed by atoms with Crippen LogP contribution in [0, 0.1) is 0 Å². The third kappa shape index (κ3) is 3.87. The van der Waals surface area contributed by atoms with Gasteiger partial charge in [0.15, 0.2) is 11.5 Å². The van der Waals surface area contributed by atoms with Crippen LogP contribution in [-0.2, 0) is 0 Å². The molecule has 0 fully saturated rings. The smallest absolute Gasteiger partial charge is 0.211 e. The molecule has 4 N–H and O–H groups in total. The topological polar surface area (TPSA) is 95.2 Å². The van der Waals surface area contributed by atoms with Gasteiger partial charge < -0.3 is 20.9 Å². The highest BCUT2D eigenvalue weighted by atomic mass is 16.5. The summed E-state index contributed by atoms with van der Waals surface area (Å²) in [6.45, 7) is 0.261. The first kappa shape index (κ1) is 11.8. The van der Waals surface area contributed by atoms with Crippen LogP contribution in [-0.4, -0.2) is 25.9 Å². The van der Waals surface area contributed by atoms with Crippen molar-refractivity contribution in [2.75, 3.05) is 13.7 Å². The van der Waals surface area contributed by atoms with E-state index in [1.807, 2.05) is 18.2 Å². The largest absolute Gasteiger partial charge is 0.493 e. The molecule has 0 amide bonds. The Bertz CT molecular complexity index is 386. The summed E-state index contributed by atoms with van der Waals surface area (Å²) in [4.78, 5) is 0. The molecule has 0 unspecified atom stereocenters. The van der Waals surface area contributed by atoms with Crippen LogP contribution in [0.5, 0.6) is 11.5 Å². The Morgan fingerprint density at radius 1 is 1.31 bits per heavy atom. The van der Waals surface area contributed by atoms with E-state index in [2.05, 4.69) is 10.2 Å². The number of para-hydroxylation sites is 2. The molecule has 0 saturated heterocycles. The molecule has 0 spiro atoms. The van der Waals surface area contributed by atoms with Gasteiger partial charge >= 0.3 is 0 Å². The number of methoxy groups -OCH3 is 1. The SMILES string of the molecule is COc1ccccc1OCC=NN=C(N)N. The van der Waals surface area contributed by atoms with Gasteiger partial charge in [-0.25, -0.2) is 0 Å². The Morgan fingerprint density at radius 3 is 2.62 bits per heavy atom. The average Bonchev–Trinajstić information content (AvgIpc) is 2.29. The van der Waals surface area contributed by atoms with Gasteiger partial charge in [-0.2, -0.15) is 5.10 Å². The Balaban J connectivity index is 2.48. The Labute approximate surface area is 93.6 Å². The maximum Gasteiger partial charge on any atom is 0.211 e. The van der Waals surface area contributed by atoms with E-state index in [0.717, 1.165) is 0 Å². The molecule has 0 saturated carbocycles. The first-order valence-electron chi connectivity index (χ1n) is 4.60. The molecule has 16 heavy (non-hydrogen) atoms. The first-order valence-corrected chi connectivity index (χ1v) is 4.60. The molecule has 0 aliphatic carbocycles. The fraction of sp³-hybridized carbons (Fsp3) is 0.200. The van der Waals surface area contributed by atoms with E-state index in [0.29, 0.717) is 11.5 Å². The standard InChI is InChI=1S/C10H14N4O2/c1-15-8-4-2-3-5-9(8)16-7-6-13-14-10(11)12/h2-6H,7H2,1H3,(H4,11,12,14). The van der Waals surface area contributed by atoms with Crippen molar-refractivity contribution in [2.45, 2.75) is 0 Å². The number of nitrogens with two attached hydrogens (primary N) is 2. The third-order valence-electron chi connectivity index (χ3n) is 1.64. The van der Waals surface area contributed by atoms with Crippen LogP contribution < -0.4 is 20.9 Å². The van der Waals surface area contributed by atoms with E-state index >= 15 is 0 Å². The molecule has 6 nitrogen and oxygen atoms in total. The fourth-order valence-corrected chi connectivity index (χ4v) is 1.01. The lowest BCUT2D eigenvalue weighted by Gasteiger charge is -2.07. The fourth-order valence-electron chi connectivity index (χ4n) is 1.01. The molecule has 0 radical (unpaired) electrons. The lowest BCUT2D eigenvalue weighted by molar-refractivity contribution is 0.337. The lowest BCUT2D eigenvalue weighted by Crippen LogP contribution is -2.21. The molecule has 0 atom stereocenters. The minimum absolute atomic E-state index is 0.0893. The molecular formula is C10H14N4O2. The van der Waals surface area contributed by atoms with E-state index in [1.165, 1.54) is 6.21 Å². The number of hydrogen-bond acceptors (Lipinski definition) is 4. The minimum Gasteiger partial charge on any atom is -0.493 e. The summed E-state index contributed by atoms with van der Waals surface area (Å²) < 4.78 is 10.5. The van der Waals surface area contributed by atoms with Crippen LogP contribution in [0.1, 0.15) is 0 Å². The van der Waals surface area contributed by atoms with Crippen molar-refractivity contribution in [1.29, 1.82) is 0 Å². The molecule has 1 aromatic carbocycles. The summed E-state index contributed by atoms with van der Waals surface area (Å²) in [5.41, 5.74) is 10.2. The monoisotopic (exact) mass is 222 g/mol. The van der Waals surface area contributed by atoms with E-state index in [4.69, 9.17) is 20.9 Å². The maximum atomic E-state index is 5.38. The third-order valence-corrected chi connectivity index (χ3v) is 1.64. The second-order valence-electron chi connectivity index (χ2n) is 2.78. The molecule has 1 aromatic rings. The van der Waals surface area contributed by atoms with Crippen molar-refractivity contribution in [1.82, 2.24) is 0 Å². The number of guanidine groups is 1. The van der Waals surface area contributed by atoms with Crippen LogP contribution in [0.4, 0.5) is 0 Å². The van der Waals surface area contributed by atoms with Crippen LogP contribution in [0.15, 0.2) is 34.5 Å². The molecule has 6 heteroatoms. The molecule has 0 aliphatic rings. The maximum absolute atomic E-state index is 5.38. The van der Waals surface area contributed by atoms with Gasteiger partial charge in [0.25, 0.3) is 0 Å². The number of benzene rings is 1. The number of ether oxygens (including phenoxy) is 2. The highest BCUT2D eigenvalue weighted by Crippen LogP contribution is 2.25. The van der Waals surface area contributed by atoms with E-state index in [-0.39, 0.29) is 12.6 Å². The van der Waals surface area contributed by atoms with Crippen LogP contribution in [0.25, 0.3) is 0 Å². The Hall–Kier alpha value is -2.24. The van der Waals surface area contributed by atoms with E-state index in [1.54, 1.807) is 13.2 Å². The lowest BCUT2D eigenvalue weighted by atomic mass is 10.3. The highest BCUT2D eigenvalue weighted by Gasteiger charge is 2.00. The van der Waals surface area contributed by atoms with Crippen LogP contribution in [0.3, 0.4) is 0 Å². The summed E-state index contributed by atoms with van der Waals surface area (Å²) in [5.74, 6) is 1.22. The summed E-state index contributed by atoms with van der Waals surface area (Å²) in [5, 5.41) is 7.02. The van der Waals surface area contributed by atoms with Gasteiger partial charge in [-0.1, -0.05) is 12.1 Å². The predicted octanol–water partition coefficient (Wildman–Crippen LogP) is 0.333. The van der Waals surface area contributed by atoms with E-state index < -0.39 is 0 Å². The van der Waals surface area contributed by atoms with Gasteiger partial charge in [0.1, 0.15) is 6.61 Å². The number of hydrogen-bond donors (Lipinski definition) is 2. The van der Waals surface area contributed by atoms with Gasteiger partial charge in [0.05, 0.1) is 13.3 Å². The molecule has 0 bridgehead atoms. The number of rotatable bonds is 5. The molecule has 86 valence electrons. The van der Waals surface area contributed by atoms with Gasteiger partial charge in [-0.3, -0.25) is 0 Å².